The summed E-state index contributed by atoms with van der Waals surface area (Å²) in [5.41, 5.74) is 2.45. The van der Waals surface area contributed by atoms with Crippen LogP contribution in [0.1, 0.15) is 29.3 Å². The van der Waals surface area contributed by atoms with E-state index < -0.39 is 0 Å². The molecule has 1 aliphatic rings. The van der Waals surface area contributed by atoms with Crippen LogP contribution in [0, 0.1) is 0 Å². The number of fused-ring (bicyclic) bond motifs is 1. The van der Waals surface area contributed by atoms with Crippen LogP contribution in [0.2, 0.25) is 0 Å². The number of pyridine rings is 1. The second kappa shape index (κ2) is 6.15. The zero-order valence-corrected chi connectivity index (χ0v) is 13.3. The summed E-state index contributed by atoms with van der Waals surface area (Å²) in [5, 5.41) is 4.62. The van der Waals surface area contributed by atoms with Crippen molar-refractivity contribution in [3.8, 4) is 0 Å². The first kappa shape index (κ1) is 13.9. The highest BCUT2D eigenvalue weighted by Crippen LogP contribution is 2.29. The van der Waals surface area contributed by atoms with Crippen LogP contribution in [0.4, 0.5) is 0 Å². The molecule has 4 heteroatoms. The SMILES string of the molecule is c1cnc2ccc(CN3CCC[C@H](c4nccs4)C3)cc2c1. The van der Waals surface area contributed by atoms with Crippen molar-refractivity contribution in [2.75, 3.05) is 13.1 Å². The second-order valence-electron chi connectivity index (χ2n) is 5.98. The summed E-state index contributed by atoms with van der Waals surface area (Å²) in [5.74, 6) is 0.607. The number of piperidine rings is 1. The lowest BCUT2D eigenvalue weighted by Gasteiger charge is -2.31. The smallest absolute Gasteiger partial charge is 0.0968 e. The second-order valence-corrected chi connectivity index (χ2v) is 6.90. The van der Waals surface area contributed by atoms with Crippen LogP contribution in [0.15, 0.2) is 48.1 Å². The molecule has 2 aromatic heterocycles. The molecule has 1 saturated heterocycles. The monoisotopic (exact) mass is 309 g/mol. The Morgan fingerprint density at radius 1 is 1.18 bits per heavy atom. The van der Waals surface area contributed by atoms with Crippen LogP contribution < -0.4 is 0 Å². The summed E-state index contributed by atoms with van der Waals surface area (Å²) in [6.07, 6.45) is 6.31. The van der Waals surface area contributed by atoms with E-state index in [0.717, 1.165) is 18.6 Å². The van der Waals surface area contributed by atoms with Gasteiger partial charge in [-0.3, -0.25) is 9.88 Å². The van der Waals surface area contributed by atoms with Gasteiger partial charge in [-0.2, -0.15) is 0 Å². The molecule has 22 heavy (non-hydrogen) atoms. The molecule has 112 valence electrons. The first-order chi connectivity index (χ1) is 10.9. The maximum absolute atomic E-state index is 4.51. The van der Waals surface area contributed by atoms with Crippen molar-refractivity contribution in [3.05, 3.63) is 58.7 Å². The molecule has 0 bridgehead atoms. The van der Waals surface area contributed by atoms with Crippen LogP contribution >= 0.6 is 11.3 Å². The Morgan fingerprint density at radius 3 is 3.09 bits per heavy atom. The zero-order valence-electron chi connectivity index (χ0n) is 12.5. The van der Waals surface area contributed by atoms with Gasteiger partial charge in [0, 0.05) is 42.2 Å². The van der Waals surface area contributed by atoms with Gasteiger partial charge < -0.3 is 0 Å². The van der Waals surface area contributed by atoms with Gasteiger partial charge >= 0.3 is 0 Å². The van der Waals surface area contributed by atoms with Crippen molar-refractivity contribution in [3.63, 3.8) is 0 Å². The molecule has 3 aromatic rings. The number of hydrogen-bond donors (Lipinski definition) is 0. The third-order valence-electron chi connectivity index (χ3n) is 4.38. The van der Waals surface area contributed by atoms with E-state index in [4.69, 9.17) is 0 Å². The lowest BCUT2D eigenvalue weighted by molar-refractivity contribution is 0.200. The molecule has 0 spiro atoms. The van der Waals surface area contributed by atoms with E-state index in [1.807, 2.05) is 18.5 Å². The molecule has 0 unspecified atom stereocenters. The van der Waals surface area contributed by atoms with Crippen molar-refractivity contribution in [1.82, 2.24) is 14.9 Å². The van der Waals surface area contributed by atoms with Gasteiger partial charge in [-0.05, 0) is 43.1 Å². The molecule has 0 amide bonds. The van der Waals surface area contributed by atoms with Crippen LogP contribution in [0.5, 0.6) is 0 Å². The van der Waals surface area contributed by atoms with Gasteiger partial charge in [-0.25, -0.2) is 4.98 Å². The Labute approximate surface area is 134 Å². The van der Waals surface area contributed by atoms with Gasteiger partial charge in [-0.1, -0.05) is 12.1 Å². The molecule has 3 heterocycles. The third-order valence-corrected chi connectivity index (χ3v) is 5.32. The molecule has 3 nitrogen and oxygen atoms in total. The molecule has 0 N–H and O–H groups in total. The molecule has 1 aliphatic heterocycles. The summed E-state index contributed by atoms with van der Waals surface area (Å²) in [6.45, 7) is 3.33. The summed E-state index contributed by atoms with van der Waals surface area (Å²) >= 11 is 1.79. The van der Waals surface area contributed by atoms with Crippen LogP contribution in [-0.2, 0) is 6.54 Å². The lowest BCUT2D eigenvalue weighted by atomic mass is 9.98. The highest BCUT2D eigenvalue weighted by atomic mass is 32.1. The molecule has 0 radical (unpaired) electrons. The molecular weight excluding hydrogens is 290 g/mol. The van der Waals surface area contributed by atoms with Gasteiger partial charge in [0.05, 0.1) is 10.5 Å². The average molecular weight is 309 g/mol. The predicted molar refractivity (Wildman–Crippen MR) is 91.1 cm³/mol. The Bertz CT molecular complexity index is 754. The fourth-order valence-corrected chi connectivity index (χ4v) is 4.09. The standard InChI is InChI=1S/C18H19N3S/c1-3-15-11-14(5-6-17(15)19-7-1)12-21-9-2-4-16(13-21)18-20-8-10-22-18/h1,3,5-8,10-11,16H,2,4,9,12-13H2/t16-/m0/s1. The number of rotatable bonds is 3. The molecule has 1 aromatic carbocycles. The quantitative estimate of drug-likeness (QED) is 0.730. The molecule has 4 rings (SSSR count). The summed E-state index contributed by atoms with van der Waals surface area (Å²) < 4.78 is 0. The van der Waals surface area contributed by atoms with E-state index >= 15 is 0 Å². The highest BCUT2D eigenvalue weighted by Gasteiger charge is 2.23. The Kier molecular flexibility index (Phi) is 3.87. The van der Waals surface area contributed by atoms with Gasteiger partial charge in [0.15, 0.2) is 0 Å². The minimum atomic E-state index is 0.607. The minimum Gasteiger partial charge on any atom is -0.298 e. The van der Waals surface area contributed by atoms with Gasteiger partial charge in [0.25, 0.3) is 0 Å². The Hall–Kier alpha value is -1.78. The van der Waals surface area contributed by atoms with E-state index in [9.17, 15) is 0 Å². The first-order valence-corrected chi connectivity index (χ1v) is 8.72. The Balaban J connectivity index is 1.49. The fourth-order valence-electron chi connectivity index (χ4n) is 3.32. The van der Waals surface area contributed by atoms with Crippen LogP contribution in [0.25, 0.3) is 10.9 Å². The number of nitrogens with zero attached hydrogens (tertiary/aromatic N) is 3. The minimum absolute atomic E-state index is 0.607. The molecule has 0 aliphatic carbocycles. The van der Waals surface area contributed by atoms with E-state index in [1.54, 1.807) is 11.3 Å². The number of likely N-dealkylation sites (tertiary alicyclic amines) is 1. The third kappa shape index (κ3) is 2.89. The predicted octanol–water partition coefficient (Wildman–Crippen LogP) is 4.07. The van der Waals surface area contributed by atoms with Crippen molar-refractivity contribution in [2.45, 2.75) is 25.3 Å². The largest absolute Gasteiger partial charge is 0.298 e. The fraction of sp³-hybridized carbons (Fsp3) is 0.333. The average Bonchev–Trinajstić information content (AvgIpc) is 3.10. The zero-order chi connectivity index (χ0) is 14.8. The topological polar surface area (TPSA) is 29.0 Å². The lowest BCUT2D eigenvalue weighted by Crippen LogP contribution is -2.33. The highest BCUT2D eigenvalue weighted by molar-refractivity contribution is 7.09. The molecule has 0 saturated carbocycles. The summed E-state index contributed by atoms with van der Waals surface area (Å²) in [4.78, 5) is 11.5. The number of benzene rings is 1. The van der Waals surface area contributed by atoms with Gasteiger partial charge in [-0.15, -0.1) is 11.3 Å². The molecule has 1 atom stereocenters. The number of aromatic nitrogens is 2. The van der Waals surface area contributed by atoms with Crippen molar-refractivity contribution >= 4 is 22.2 Å². The van der Waals surface area contributed by atoms with Crippen LogP contribution in [0.3, 0.4) is 0 Å². The Morgan fingerprint density at radius 2 is 2.18 bits per heavy atom. The summed E-state index contributed by atoms with van der Waals surface area (Å²) in [7, 11) is 0. The number of thiazole rings is 1. The molecular formula is C18H19N3S. The summed E-state index contributed by atoms with van der Waals surface area (Å²) in [6, 6.07) is 10.8. The van der Waals surface area contributed by atoms with Crippen molar-refractivity contribution in [1.29, 1.82) is 0 Å². The van der Waals surface area contributed by atoms with E-state index in [2.05, 4.69) is 44.5 Å². The molecule has 1 fully saturated rings. The number of hydrogen-bond acceptors (Lipinski definition) is 4. The maximum Gasteiger partial charge on any atom is 0.0968 e. The van der Waals surface area contributed by atoms with Crippen LogP contribution in [-0.4, -0.2) is 28.0 Å². The first-order valence-electron chi connectivity index (χ1n) is 7.84. The van der Waals surface area contributed by atoms with E-state index in [0.29, 0.717) is 5.92 Å². The van der Waals surface area contributed by atoms with E-state index in [-0.39, 0.29) is 0 Å². The van der Waals surface area contributed by atoms with Gasteiger partial charge in [0.1, 0.15) is 0 Å². The normalized spacial score (nSPS) is 19.5. The van der Waals surface area contributed by atoms with E-state index in [1.165, 1.54) is 35.3 Å². The van der Waals surface area contributed by atoms with Crippen molar-refractivity contribution < 1.29 is 0 Å². The maximum atomic E-state index is 4.51. The van der Waals surface area contributed by atoms with Crippen molar-refractivity contribution in [2.24, 2.45) is 0 Å². The van der Waals surface area contributed by atoms with Gasteiger partial charge in [0.2, 0.25) is 0 Å².